The average molecular weight is 454 g/mol. The number of aliphatic hydroxyl groups excluding tert-OH is 1. The largest absolute Gasteiger partial charge is 0.507 e. The molecule has 9 heteroatoms. The summed E-state index contributed by atoms with van der Waals surface area (Å²) in [6, 6.07) is 9.61. The Kier molecular flexibility index (Phi) is 5.74. The van der Waals surface area contributed by atoms with Crippen LogP contribution in [0, 0.1) is 5.82 Å². The third-order valence-corrected chi connectivity index (χ3v) is 6.11. The van der Waals surface area contributed by atoms with Crippen LogP contribution < -0.4 is 9.47 Å². The zero-order valence-electron chi connectivity index (χ0n) is 17.8. The van der Waals surface area contributed by atoms with Crippen molar-refractivity contribution in [3.8, 4) is 11.5 Å². The molecule has 2 aromatic carbocycles. The van der Waals surface area contributed by atoms with E-state index in [1.807, 2.05) is 0 Å². The van der Waals surface area contributed by atoms with Gasteiger partial charge in [-0.3, -0.25) is 14.5 Å². The summed E-state index contributed by atoms with van der Waals surface area (Å²) in [6.45, 7) is 3.52. The lowest BCUT2D eigenvalue weighted by Gasteiger charge is -2.31. The van der Waals surface area contributed by atoms with E-state index in [1.165, 1.54) is 23.1 Å². The number of rotatable bonds is 5. The first-order valence-corrected chi connectivity index (χ1v) is 10.8. The topological polar surface area (TPSA) is 88.5 Å². The smallest absolute Gasteiger partial charge is 0.295 e. The summed E-state index contributed by atoms with van der Waals surface area (Å²) < 4.78 is 30.1. The van der Waals surface area contributed by atoms with Crippen LogP contribution in [0.15, 0.2) is 48.0 Å². The maximum atomic E-state index is 14.1. The van der Waals surface area contributed by atoms with E-state index >= 15 is 0 Å². The summed E-state index contributed by atoms with van der Waals surface area (Å²) in [4.78, 5) is 29.7. The molecule has 1 N–H and O–H groups in total. The van der Waals surface area contributed by atoms with Crippen LogP contribution in [0.4, 0.5) is 4.39 Å². The van der Waals surface area contributed by atoms with Gasteiger partial charge >= 0.3 is 0 Å². The highest BCUT2D eigenvalue weighted by molar-refractivity contribution is 6.46. The number of hydrogen-bond acceptors (Lipinski definition) is 7. The third kappa shape index (κ3) is 4.05. The summed E-state index contributed by atoms with van der Waals surface area (Å²) >= 11 is 0. The van der Waals surface area contributed by atoms with Gasteiger partial charge in [0, 0.05) is 31.7 Å². The van der Waals surface area contributed by atoms with Crippen molar-refractivity contribution in [3.05, 3.63) is 65.0 Å². The Morgan fingerprint density at radius 3 is 2.61 bits per heavy atom. The fraction of sp³-hybridized carbons (Fsp3) is 0.333. The minimum Gasteiger partial charge on any atom is -0.507 e. The van der Waals surface area contributed by atoms with Crippen molar-refractivity contribution in [2.45, 2.75) is 6.04 Å². The number of carbonyl (C=O) groups excluding carboxylic acids is 2. The van der Waals surface area contributed by atoms with Crippen LogP contribution in [0.5, 0.6) is 11.5 Å². The summed E-state index contributed by atoms with van der Waals surface area (Å²) in [7, 11) is 0. The monoisotopic (exact) mass is 454 g/mol. The summed E-state index contributed by atoms with van der Waals surface area (Å²) in [5.74, 6) is -1.40. The molecule has 0 aliphatic carbocycles. The molecule has 2 fully saturated rings. The SMILES string of the molecule is O=C1C(=O)N(CCN2CCOCC2)C(c2cccc(F)c2)C1=C(O)c1ccc2c(c1)OCO2. The van der Waals surface area contributed by atoms with E-state index in [0.29, 0.717) is 42.4 Å². The molecule has 2 aromatic rings. The maximum Gasteiger partial charge on any atom is 0.295 e. The first kappa shape index (κ1) is 21.4. The Morgan fingerprint density at radius 2 is 1.82 bits per heavy atom. The predicted molar refractivity (Wildman–Crippen MR) is 115 cm³/mol. The number of ketones is 1. The summed E-state index contributed by atoms with van der Waals surface area (Å²) in [5, 5.41) is 11.1. The lowest BCUT2D eigenvalue weighted by molar-refractivity contribution is -0.140. The molecule has 1 amide bonds. The van der Waals surface area contributed by atoms with E-state index in [2.05, 4.69) is 4.90 Å². The minimum absolute atomic E-state index is 0.0643. The second-order valence-electron chi connectivity index (χ2n) is 8.07. The number of amides is 1. The average Bonchev–Trinajstić information content (AvgIpc) is 3.40. The molecule has 0 saturated carbocycles. The molecule has 0 bridgehead atoms. The Hall–Kier alpha value is -3.43. The molecule has 0 aromatic heterocycles. The molecular formula is C24H23FN2O6. The molecule has 3 aliphatic heterocycles. The van der Waals surface area contributed by atoms with E-state index in [0.717, 1.165) is 13.1 Å². The summed E-state index contributed by atoms with van der Waals surface area (Å²) in [5.41, 5.74) is 0.650. The lowest BCUT2D eigenvalue weighted by Crippen LogP contribution is -2.42. The highest BCUT2D eigenvalue weighted by Gasteiger charge is 2.46. The normalized spacial score (nSPS) is 22.2. The van der Waals surface area contributed by atoms with Gasteiger partial charge in [0.2, 0.25) is 6.79 Å². The predicted octanol–water partition coefficient (Wildman–Crippen LogP) is 2.31. The molecule has 8 nitrogen and oxygen atoms in total. The van der Waals surface area contributed by atoms with Gasteiger partial charge in [-0.1, -0.05) is 12.1 Å². The van der Waals surface area contributed by atoms with Crippen molar-refractivity contribution in [3.63, 3.8) is 0 Å². The highest BCUT2D eigenvalue weighted by atomic mass is 19.1. The van der Waals surface area contributed by atoms with Gasteiger partial charge in [0.1, 0.15) is 11.6 Å². The number of carbonyl (C=O) groups is 2. The molecule has 5 rings (SSSR count). The van der Waals surface area contributed by atoms with Crippen molar-refractivity contribution in [1.29, 1.82) is 0 Å². The molecule has 2 saturated heterocycles. The van der Waals surface area contributed by atoms with Gasteiger partial charge in [0.25, 0.3) is 11.7 Å². The van der Waals surface area contributed by atoms with Gasteiger partial charge < -0.3 is 24.2 Å². The van der Waals surface area contributed by atoms with Crippen molar-refractivity contribution in [2.75, 3.05) is 46.2 Å². The second-order valence-corrected chi connectivity index (χ2v) is 8.07. The molecule has 1 unspecified atom stereocenters. The fourth-order valence-corrected chi connectivity index (χ4v) is 4.41. The zero-order chi connectivity index (χ0) is 22.9. The summed E-state index contributed by atoms with van der Waals surface area (Å²) in [6.07, 6.45) is 0. The highest BCUT2D eigenvalue weighted by Crippen LogP contribution is 2.41. The van der Waals surface area contributed by atoms with E-state index in [9.17, 15) is 19.1 Å². The first-order valence-electron chi connectivity index (χ1n) is 10.8. The van der Waals surface area contributed by atoms with E-state index in [-0.39, 0.29) is 24.7 Å². The van der Waals surface area contributed by atoms with Crippen LogP contribution in [-0.4, -0.2) is 72.8 Å². The molecule has 3 heterocycles. The van der Waals surface area contributed by atoms with Crippen LogP contribution in [-0.2, 0) is 14.3 Å². The number of benzene rings is 2. The van der Waals surface area contributed by atoms with Gasteiger partial charge in [-0.05, 0) is 35.9 Å². The van der Waals surface area contributed by atoms with Crippen LogP contribution in [0.25, 0.3) is 5.76 Å². The quantitative estimate of drug-likeness (QED) is 0.421. The van der Waals surface area contributed by atoms with Crippen LogP contribution in [0.1, 0.15) is 17.2 Å². The number of ether oxygens (including phenoxy) is 3. The number of nitrogens with zero attached hydrogens (tertiary/aromatic N) is 2. The van der Waals surface area contributed by atoms with E-state index in [4.69, 9.17) is 14.2 Å². The number of fused-ring (bicyclic) bond motifs is 1. The van der Waals surface area contributed by atoms with Crippen molar-refractivity contribution in [2.24, 2.45) is 0 Å². The van der Waals surface area contributed by atoms with E-state index in [1.54, 1.807) is 24.3 Å². The number of likely N-dealkylation sites (tertiary alicyclic amines) is 1. The molecule has 0 radical (unpaired) electrons. The number of halogens is 1. The van der Waals surface area contributed by atoms with Crippen molar-refractivity contribution >= 4 is 17.4 Å². The number of hydrogen-bond donors (Lipinski definition) is 1. The molecule has 0 spiro atoms. The number of morpholine rings is 1. The fourth-order valence-electron chi connectivity index (χ4n) is 4.41. The van der Waals surface area contributed by atoms with Crippen molar-refractivity contribution < 1.29 is 33.3 Å². The zero-order valence-corrected chi connectivity index (χ0v) is 17.8. The Bertz CT molecular complexity index is 1130. The van der Waals surface area contributed by atoms with Gasteiger partial charge in [0.05, 0.1) is 24.8 Å². The standard InChI is InChI=1S/C24H23FN2O6/c25-17-3-1-2-15(12-17)21-20(22(28)16-4-5-18-19(13-16)33-14-32-18)23(29)24(30)27(21)7-6-26-8-10-31-11-9-26/h1-5,12-13,21,28H,6-11,14H2. The van der Waals surface area contributed by atoms with Gasteiger partial charge in [0.15, 0.2) is 11.5 Å². The molecule has 33 heavy (non-hydrogen) atoms. The van der Waals surface area contributed by atoms with Crippen molar-refractivity contribution in [1.82, 2.24) is 9.80 Å². The Morgan fingerprint density at radius 1 is 1.03 bits per heavy atom. The maximum absolute atomic E-state index is 14.1. The molecule has 172 valence electrons. The van der Waals surface area contributed by atoms with Crippen LogP contribution in [0.2, 0.25) is 0 Å². The van der Waals surface area contributed by atoms with Gasteiger partial charge in [-0.15, -0.1) is 0 Å². The molecular weight excluding hydrogens is 431 g/mol. The second kappa shape index (κ2) is 8.84. The number of Topliss-reactive ketones (excluding diaryl/α,β-unsaturated/α-hetero) is 1. The first-order chi connectivity index (χ1) is 16.0. The van der Waals surface area contributed by atoms with Crippen LogP contribution >= 0.6 is 0 Å². The van der Waals surface area contributed by atoms with Gasteiger partial charge in [-0.2, -0.15) is 0 Å². The molecule has 3 aliphatic rings. The minimum atomic E-state index is -0.910. The molecule has 1 atom stereocenters. The Labute approximate surface area is 189 Å². The number of aliphatic hydroxyl groups is 1. The third-order valence-electron chi connectivity index (χ3n) is 6.11. The van der Waals surface area contributed by atoms with Gasteiger partial charge in [-0.25, -0.2) is 4.39 Å². The lowest BCUT2D eigenvalue weighted by atomic mass is 9.95. The van der Waals surface area contributed by atoms with E-state index < -0.39 is 23.5 Å². The Balaban J connectivity index is 1.54. The van der Waals surface area contributed by atoms with Crippen LogP contribution in [0.3, 0.4) is 0 Å².